The number of hydrogen-bond acceptors (Lipinski definition) is 4. The van der Waals surface area contributed by atoms with Crippen molar-refractivity contribution >= 4 is 23.2 Å². The van der Waals surface area contributed by atoms with E-state index in [-0.39, 0.29) is 11.9 Å². The number of nitrogens with zero attached hydrogens (tertiary/aromatic N) is 4. The summed E-state index contributed by atoms with van der Waals surface area (Å²) in [6, 6.07) is 7.45. The summed E-state index contributed by atoms with van der Waals surface area (Å²) < 4.78 is 1.81. The van der Waals surface area contributed by atoms with Gasteiger partial charge in [0, 0.05) is 11.7 Å². The van der Waals surface area contributed by atoms with E-state index < -0.39 is 0 Å². The molecule has 3 aromatic heterocycles. The van der Waals surface area contributed by atoms with Gasteiger partial charge < -0.3 is 5.32 Å². The first-order valence-corrected chi connectivity index (χ1v) is 8.69. The maximum Gasteiger partial charge on any atom is 0.274 e. The van der Waals surface area contributed by atoms with E-state index in [1.165, 1.54) is 12.8 Å². The van der Waals surface area contributed by atoms with Crippen LogP contribution in [0.4, 0.5) is 0 Å². The van der Waals surface area contributed by atoms with Crippen molar-refractivity contribution in [2.75, 3.05) is 0 Å². The fourth-order valence-electron chi connectivity index (χ4n) is 2.95. The van der Waals surface area contributed by atoms with Crippen molar-refractivity contribution in [3.05, 3.63) is 47.1 Å². The summed E-state index contributed by atoms with van der Waals surface area (Å²) in [5.41, 5.74) is 3.11. The third-order valence-electron chi connectivity index (χ3n) is 4.57. The molecule has 1 amide bonds. The van der Waals surface area contributed by atoms with E-state index in [1.54, 1.807) is 12.4 Å². The zero-order valence-electron chi connectivity index (χ0n) is 14.0. The Kier molecular flexibility index (Phi) is 3.92. The Bertz CT molecular complexity index is 963. The number of pyridine rings is 1. The lowest BCUT2D eigenvalue weighted by molar-refractivity contribution is 0.0933. The maximum atomic E-state index is 12.6. The van der Waals surface area contributed by atoms with Crippen molar-refractivity contribution in [2.45, 2.75) is 32.7 Å². The Hall–Kier alpha value is -2.47. The average molecular weight is 356 g/mol. The van der Waals surface area contributed by atoms with Crippen molar-refractivity contribution in [1.29, 1.82) is 0 Å². The van der Waals surface area contributed by atoms with Crippen molar-refractivity contribution in [3.8, 4) is 11.4 Å². The third kappa shape index (κ3) is 3.09. The number of amides is 1. The summed E-state index contributed by atoms with van der Waals surface area (Å²) in [6.07, 6.45) is 3.98. The van der Waals surface area contributed by atoms with Crippen molar-refractivity contribution in [1.82, 2.24) is 24.7 Å². The Morgan fingerprint density at radius 1 is 1.32 bits per heavy atom. The molecule has 0 saturated heterocycles. The summed E-state index contributed by atoms with van der Waals surface area (Å²) in [7, 11) is 0. The number of aryl methyl sites for hydroxylation is 1. The van der Waals surface area contributed by atoms with E-state index in [1.807, 2.05) is 36.4 Å². The van der Waals surface area contributed by atoms with Gasteiger partial charge in [0.25, 0.3) is 5.91 Å². The van der Waals surface area contributed by atoms with Crippen LogP contribution in [-0.4, -0.2) is 31.3 Å². The Balaban J connectivity index is 1.74. The molecule has 4 rings (SSSR count). The minimum atomic E-state index is -0.190. The van der Waals surface area contributed by atoms with Crippen LogP contribution >= 0.6 is 11.6 Å². The molecule has 128 valence electrons. The molecule has 1 atom stereocenters. The van der Waals surface area contributed by atoms with Gasteiger partial charge in [-0.2, -0.15) is 0 Å². The quantitative estimate of drug-likeness (QED) is 0.729. The van der Waals surface area contributed by atoms with Gasteiger partial charge in [-0.15, -0.1) is 0 Å². The van der Waals surface area contributed by atoms with Crippen LogP contribution in [0.15, 0.2) is 30.6 Å². The first-order valence-electron chi connectivity index (χ1n) is 8.31. The highest BCUT2D eigenvalue weighted by atomic mass is 35.5. The normalized spacial score (nSPS) is 15.3. The number of hydrogen-bond donors (Lipinski definition) is 1. The van der Waals surface area contributed by atoms with E-state index in [9.17, 15) is 4.79 Å². The molecule has 3 heterocycles. The van der Waals surface area contributed by atoms with E-state index in [0.717, 1.165) is 5.69 Å². The number of fused-ring (bicyclic) bond motifs is 1. The molecule has 0 bridgehead atoms. The van der Waals surface area contributed by atoms with Gasteiger partial charge in [0.2, 0.25) is 0 Å². The number of carbonyl (C=O) groups excluding carboxylic acids is 1. The standard InChI is InChI=1S/C18H18ClN5O/c1-10-8-14(13-4-3-5-15(19)22-13)23-17-16(20-9-24(10)17)18(25)21-11(2)12-6-7-12/h3-5,8-9,11-12H,6-7H2,1-2H3,(H,21,25). The summed E-state index contributed by atoms with van der Waals surface area (Å²) in [5, 5.41) is 3.44. The predicted molar refractivity (Wildman–Crippen MR) is 95.6 cm³/mol. The first-order chi connectivity index (χ1) is 12.0. The Labute approximate surface area is 150 Å². The number of carbonyl (C=O) groups is 1. The molecule has 1 unspecified atom stereocenters. The Morgan fingerprint density at radius 2 is 2.12 bits per heavy atom. The summed E-state index contributed by atoms with van der Waals surface area (Å²) in [5.74, 6) is 0.392. The van der Waals surface area contributed by atoms with Crippen LogP contribution < -0.4 is 5.32 Å². The van der Waals surface area contributed by atoms with Crippen LogP contribution in [0.1, 0.15) is 35.9 Å². The third-order valence-corrected chi connectivity index (χ3v) is 4.79. The maximum absolute atomic E-state index is 12.6. The van der Waals surface area contributed by atoms with Crippen LogP contribution in [0, 0.1) is 12.8 Å². The number of nitrogens with one attached hydrogen (secondary N) is 1. The molecule has 1 aliphatic rings. The van der Waals surface area contributed by atoms with Gasteiger partial charge in [0.05, 0.1) is 11.4 Å². The molecule has 1 N–H and O–H groups in total. The minimum Gasteiger partial charge on any atom is -0.348 e. The highest BCUT2D eigenvalue weighted by Crippen LogP contribution is 2.32. The molecule has 0 spiro atoms. The lowest BCUT2D eigenvalue weighted by Crippen LogP contribution is -2.34. The molecule has 0 aromatic carbocycles. The van der Waals surface area contributed by atoms with Crippen LogP contribution in [0.3, 0.4) is 0 Å². The molecule has 1 fully saturated rings. The summed E-state index contributed by atoms with van der Waals surface area (Å²) in [6.45, 7) is 3.98. The molecule has 6 nitrogen and oxygen atoms in total. The number of halogens is 1. The second-order valence-corrected chi connectivity index (χ2v) is 6.90. The fourth-order valence-corrected chi connectivity index (χ4v) is 3.12. The molecule has 1 aliphatic carbocycles. The van der Waals surface area contributed by atoms with Gasteiger partial charge in [-0.1, -0.05) is 17.7 Å². The summed E-state index contributed by atoms with van der Waals surface area (Å²) >= 11 is 5.99. The zero-order chi connectivity index (χ0) is 17.6. The van der Waals surface area contributed by atoms with Crippen LogP contribution in [-0.2, 0) is 0 Å². The number of aromatic nitrogens is 4. The smallest absolute Gasteiger partial charge is 0.274 e. The molecular formula is C18H18ClN5O. The number of imidazole rings is 1. The molecular weight excluding hydrogens is 338 g/mol. The molecule has 1 saturated carbocycles. The van der Waals surface area contributed by atoms with Crippen LogP contribution in [0.5, 0.6) is 0 Å². The lowest BCUT2D eigenvalue weighted by Gasteiger charge is -2.11. The van der Waals surface area contributed by atoms with Crippen LogP contribution in [0.25, 0.3) is 17.0 Å². The number of rotatable bonds is 4. The van der Waals surface area contributed by atoms with Gasteiger partial charge in [-0.05, 0) is 50.8 Å². The van der Waals surface area contributed by atoms with Gasteiger partial charge >= 0.3 is 0 Å². The van der Waals surface area contributed by atoms with Crippen molar-refractivity contribution in [2.24, 2.45) is 5.92 Å². The molecule has 25 heavy (non-hydrogen) atoms. The van der Waals surface area contributed by atoms with Crippen LogP contribution in [0.2, 0.25) is 5.15 Å². The molecule has 0 radical (unpaired) electrons. The predicted octanol–water partition coefficient (Wildman–Crippen LogP) is 3.28. The summed E-state index contributed by atoms with van der Waals surface area (Å²) in [4.78, 5) is 25.8. The highest BCUT2D eigenvalue weighted by molar-refractivity contribution is 6.29. The zero-order valence-corrected chi connectivity index (χ0v) is 14.8. The topological polar surface area (TPSA) is 72.2 Å². The van der Waals surface area contributed by atoms with E-state index in [4.69, 9.17) is 11.6 Å². The largest absolute Gasteiger partial charge is 0.348 e. The highest BCUT2D eigenvalue weighted by Gasteiger charge is 2.30. The SMILES string of the molecule is Cc1cc(-c2cccc(Cl)n2)nc2c(C(=O)NC(C)C3CC3)ncn12. The van der Waals surface area contributed by atoms with Crippen molar-refractivity contribution in [3.63, 3.8) is 0 Å². The van der Waals surface area contributed by atoms with E-state index in [0.29, 0.717) is 33.8 Å². The molecule has 0 aliphatic heterocycles. The van der Waals surface area contributed by atoms with Gasteiger partial charge in [0.15, 0.2) is 11.3 Å². The molecule has 7 heteroatoms. The van der Waals surface area contributed by atoms with Gasteiger partial charge in [0.1, 0.15) is 11.5 Å². The van der Waals surface area contributed by atoms with Gasteiger partial charge in [-0.25, -0.2) is 15.0 Å². The van der Waals surface area contributed by atoms with Gasteiger partial charge in [-0.3, -0.25) is 9.20 Å². The lowest BCUT2D eigenvalue weighted by atomic mass is 10.2. The second-order valence-electron chi connectivity index (χ2n) is 6.51. The fraction of sp³-hybridized carbons (Fsp3) is 0.333. The van der Waals surface area contributed by atoms with Crippen molar-refractivity contribution < 1.29 is 4.79 Å². The average Bonchev–Trinajstić information content (AvgIpc) is 3.34. The monoisotopic (exact) mass is 355 g/mol. The Morgan fingerprint density at radius 3 is 2.84 bits per heavy atom. The minimum absolute atomic E-state index is 0.156. The first kappa shape index (κ1) is 16.0. The second kappa shape index (κ2) is 6.11. The van der Waals surface area contributed by atoms with E-state index in [2.05, 4.69) is 20.3 Å². The molecule has 3 aromatic rings. The van der Waals surface area contributed by atoms with E-state index >= 15 is 0 Å².